The van der Waals surface area contributed by atoms with Crippen LogP contribution in [-0.4, -0.2) is 0 Å². The summed E-state index contributed by atoms with van der Waals surface area (Å²) in [4.78, 5) is 5.28. The molecule has 11 rings (SSSR count). The van der Waals surface area contributed by atoms with Gasteiger partial charge in [0.15, 0.2) is 0 Å². The second kappa shape index (κ2) is 12.0. The van der Waals surface area contributed by atoms with Crippen LogP contribution in [0.2, 0.25) is 0 Å². The van der Waals surface area contributed by atoms with Crippen LogP contribution in [0.1, 0.15) is 74.2 Å². The summed E-state index contributed by atoms with van der Waals surface area (Å²) in [5.41, 5.74) is 22.1. The maximum atomic E-state index is 2.50. The van der Waals surface area contributed by atoms with Gasteiger partial charge >= 0.3 is 0 Å². The van der Waals surface area contributed by atoms with Crippen LogP contribution < -0.4 is 4.90 Å². The average molecular weight is 752 g/mol. The Kier molecular flexibility index (Phi) is 7.24. The summed E-state index contributed by atoms with van der Waals surface area (Å²) in [6.07, 6.45) is 0. The Morgan fingerprint density at radius 1 is 0.351 bits per heavy atom. The van der Waals surface area contributed by atoms with Gasteiger partial charge in [0.1, 0.15) is 0 Å². The quantitative estimate of drug-likeness (QED) is 0.169. The first-order valence-electron chi connectivity index (χ1n) is 20.3. The SMILES string of the molecule is CC1(C)c2ccccc2-c2cc(N(c3cccc(-c4c(-c5ccccc5)sc5c4-c4ccccc4C5(C)C)c3)c3ccc4c(c3)C(C)(C)c3ccccc3-4)ccc21. The summed E-state index contributed by atoms with van der Waals surface area (Å²) >= 11 is 1.97. The summed E-state index contributed by atoms with van der Waals surface area (Å²) in [5, 5.41) is 0. The van der Waals surface area contributed by atoms with E-state index in [0.717, 1.165) is 11.4 Å². The highest BCUT2D eigenvalue weighted by Crippen LogP contribution is 2.60. The molecule has 0 N–H and O–H groups in total. The van der Waals surface area contributed by atoms with Crippen molar-refractivity contribution in [3.8, 4) is 54.9 Å². The molecule has 1 aromatic heterocycles. The zero-order chi connectivity index (χ0) is 38.8. The molecule has 276 valence electrons. The zero-order valence-corrected chi connectivity index (χ0v) is 34.3. The van der Waals surface area contributed by atoms with Crippen LogP contribution in [-0.2, 0) is 16.2 Å². The first kappa shape index (κ1) is 34.3. The minimum Gasteiger partial charge on any atom is -0.310 e. The Labute approximate surface area is 340 Å². The van der Waals surface area contributed by atoms with E-state index in [1.807, 2.05) is 11.3 Å². The molecule has 3 aliphatic carbocycles. The highest BCUT2D eigenvalue weighted by molar-refractivity contribution is 7.17. The van der Waals surface area contributed by atoms with Gasteiger partial charge in [0.05, 0.1) is 0 Å². The van der Waals surface area contributed by atoms with Crippen molar-refractivity contribution in [2.24, 2.45) is 0 Å². The summed E-state index contributed by atoms with van der Waals surface area (Å²) in [6, 6.07) is 61.6. The fourth-order valence-electron chi connectivity index (χ4n) is 10.5. The van der Waals surface area contributed by atoms with Crippen molar-refractivity contribution in [3.05, 3.63) is 196 Å². The Balaban J connectivity index is 1.15. The van der Waals surface area contributed by atoms with Gasteiger partial charge in [-0.05, 0) is 103 Å². The molecule has 0 saturated heterocycles. The van der Waals surface area contributed by atoms with Crippen LogP contribution in [0.3, 0.4) is 0 Å². The van der Waals surface area contributed by atoms with Crippen molar-refractivity contribution >= 4 is 28.4 Å². The van der Waals surface area contributed by atoms with Crippen LogP contribution in [0.4, 0.5) is 17.1 Å². The molecule has 0 atom stereocenters. The van der Waals surface area contributed by atoms with Gasteiger partial charge in [-0.15, -0.1) is 11.3 Å². The lowest BCUT2D eigenvalue weighted by molar-refractivity contribution is 0.660. The van der Waals surface area contributed by atoms with Gasteiger partial charge < -0.3 is 4.90 Å². The van der Waals surface area contributed by atoms with Crippen LogP contribution in [0, 0.1) is 0 Å². The fraction of sp³-hybridized carbons (Fsp3) is 0.164. The van der Waals surface area contributed by atoms with Crippen molar-refractivity contribution in [2.75, 3.05) is 4.90 Å². The van der Waals surface area contributed by atoms with E-state index in [9.17, 15) is 0 Å². The molecule has 0 unspecified atom stereocenters. The number of rotatable bonds is 5. The summed E-state index contributed by atoms with van der Waals surface area (Å²) in [6.45, 7) is 14.3. The molecule has 0 aliphatic heterocycles. The van der Waals surface area contributed by atoms with Gasteiger partial charge in [-0.3, -0.25) is 0 Å². The van der Waals surface area contributed by atoms with Gasteiger partial charge in [-0.2, -0.15) is 0 Å². The molecule has 7 aromatic carbocycles. The molecular formula is C55H45NS. The number of fused-ring (bicyclic) bond motifs is 9. The molecule has 8 aromatic rings. The van der Waals surface area contributed by atoms with E-state index in [-0.39, 0.29) is 16.2 Å². The van der Waals surface area contributed by atoms with Gasteiger partial charge in [-0.1, -0.05) is 169 Å². The predicted octanol–water partition coefficient (Wildman–Crippen LogP) is 15.5. The lowest BCUT2D eigenvalue weighted by Crippen LogP contribution is -2.17. The standard InChI is InChI=1S/C55H45NS/c1-53(2)45-25-14-11-22-40(45)43-32-37(28-30-47(43)53)56(38-27-29-41-39-21-10-13-24-44(39)54(3,4)48(41)33-38)36-20-16-19-35(31-36)49-50-42-23-12-15-26-46(42)55(5,6)52(50)57-51(49)34-17-8-7-9-18-34/h7-33H,1-6H3. The molecule has 57 heavy (non-hydrogen) atoms. The Morgan fingerprint density at radius 2 is 0.860 bits per heavy atom. The van der Waals surface area contributed by atoms with Crippen LogP contribution >= 0.6 is 11.3 Å². The van der Waals surface area contributed by atoms with Crippen LogP contribution in [0.5, 0.6) is 0 Å². The first-order valence-corrected chi connectivity index (χ1v) is 21.1. The first-order chi connectivity index (χ1) is 27.5. The second-order valence-corrected chi connectivity index (χ2v) is 18.8. The predicted molar refractivity (Wildman–Crippen MR) is 243 cm³/mol. The topological polar surface area (TPSA) is 3.24 Å². The molecule has 3 aliphatic rings. The van der Waals surface area contributed by atoms with E-state index in [0.29, 0.717) is 0 Å². The highest BCUT2D eigenvalue weighted by Gasteiger charge is 2.41. The van der Waals surface area contributed by atoms with Crippen molar-refractivity contribution < 1.29 is 0 Å². The smallest absolute Gasteiger partial charge is 0.0468 e. The molecule has 1 nitrogen and oxygen atoms in total. The number of benzene rings is 7. The van der Waals surface area contributed by atoms with Crippen molar-refractivity contribution in [1.29, 1.82) is 0 Å². The second-order valence-electron chi connectivity index (χ2n) is 17.7. The third-order valence-electron chi connectivity index (χ3n) is 13.4. The molecule has 2 heteroatoms. The summed E-state index contributed by atoms with van der Waals surface area (Å²) in [7, 11) is 0. The van der Waals surface area contributed by atoms with E-state index >= 15 is 0 Å². The van der Waals surface area contributed by atoms with Crippen molar-refractivity contribution in [3.63, 3.8) is 0 Å². The van der Waals surface area contributed by atoms with Crippen LogP contribution in [0.15, 0.2) is 164 Å². The lowest BCUT2D eigenvalue weighted by Gasteiger charge is -2.29. The minimum atomic E-state index is -0.113. The van der Waals surface area contributed by atoms with E-state index in [1.165, 1.54) is 93.3 Å². The van der Waals surface area contributed by atoms with Gasteiger partial charge in [-0.25, -0.2) is 0 Å². The number of thiophene rings is 1. The highest BCUT2D eigenvalue weighted by atomic mass is 32.1. The van der Waals surface area contributed by atoms with E-state index < -0.39 is 0 Å². The average Bonchev–Trinajstić information content (AvgIpc) is 3.89. The van der Waals surface area contributed by atoms with Gasteiger partial charge in [0.2, 0.25) is 0 Å². The Morgan fingerprint density at radius 3 is 1.58 bits per heavy atom. The molecular weight excluding hydrogens is 707 g/mol. The number of nitrogens with zero attached hydrogens (tertiary/aromatic N) is 1. The molecule has 0 spiro atoms. The summed E-state index contributed by atoms with van der Waals surface area (Å²) < 4.78 is 0. The summed E-state index contributed by atoms with van der Waals surface area (Å²) in [5.74, 6) is 0. The van der Waals surface area contributed by atoms with E-state index in [2.05, 4.69) is 210 Å². The minimum absolute atomic E-state index is 0.0597. The number of anilines is 3. The third kappa shape index (κ3) is 4.80. The van der Waals surface area contributed by atoms with E-state index in [1.54, 1.807) is 0 Å². The molecule has 0 bridgehead atoms. The molecule has 1 heterocycles. The monoisotopic (exact) mass is 751 g/mol. The normalized spacial score (nSPS) is 15.6. The van der Waals surface area contributed by atoms with Crippen LogP contribution in [0.25, 0.3) is 54.9 Å². The van der Waals surface area contributed by atoms with Crippen molar-refractivity contribution in [1.82, 2.24) is 0 Å². The molecule has 0 amide bonds. The lowest BCUT2D eigenvalue weighted by atomic mass is 9.82. The number of hydrogen-bond donors (Lipinski definition) is 0. The van der Waals surface area contributed by atoms with Gasteiger partial charge in [0, 0.05) is 54.2 Å². The maximum absolute atomic E-state index is 2.50. The third-order valence-corrected chi connectivity index (χ3v) is 15.0. The van der Waals surface area contributed by atoms with E-state index in [4.69, 9.17) is 0 Å². The molecule has 0 fully saturated rings. The molecule has 0 saturated carbocycles. The maximum Gasteiger partial charge on any atom is 0.0468 e. The molecule has 0 radical (unpaired) electrons. The zero-order valence-electron chi connectivity index (χ0n) is 33.4. The Bertz CT molecular complexity index is 2940. The van der Waals surface area contributed by atoms with Crippen molar-refractivity contribution in [2.45, 2.75) is 57.8 Å². The Hall–Kier alpha value is -5.96. The van der Waals surface area contributed by atoms with Gasteiger partial charge in [0.25, 0.3) is 0 Å². The largest absolute Gasteiger partial charge is 0.310 e. The fourth-order valence-corrected chi connectivity index (χ4v) is 12.0. The number of hydrogen-bond acceptors (Lipinski definition) is 2.